The molecule has 92 valence electrons. The monoisotopic (exact) mass is 253 g/mol. The first-order valence-corrected chi connectivity index (χ1v) is 6.81. The number of rotatable bonds is 3. The SMILES string of the molecule is CNC(C)C1=Cc2cc(OC)ccc2S1(=O)=O. The number of likely N-dealkylation sites (N-methyl/N-ethyl adjacent to an activating group) is 1. The zero-order chi connectivity index (χ0) is 12.6. The van der Waals surface area contributed by atoms with Crippen molar-refractivity contribution in [2.45, 2.75) is 17.9 Å². The summed E-state index contributed by atoms with van der Waals surface area (Å²) in [5, 5.41) is 2.95. The van der Waals surface area contributed by atoms with Gasteiger partial charge in [-0.25, -0.2) is 8.42 Å². The summed E-state index contributed by atoms with van der Waals surface area (Å²) in [4.78, 5) is 0.763. The lowest BCUT2D eigenvalue weighted by Gasteiger charge is -2.11. The molecule has 1 aromatic rings. The molecule has 1 heterocycles. The van der Waals surface area contributed by atoms with Crippen LogP contribution in [-0.4, -0.2) is 28.6 Å². The van der Waals surface area contributed by atoms with Crippen molar-refractivity contribution in [3.8, 4) is 5.75 Å². The fraction of sp³-hybridized carbons (Fsp3) is 0.333. The molecule has 1 N–H and O–H groups in total. The van der Waals surface area contributed by atoms with Gasteiger partial charge in [0.25, 0.3) is 0 Å². The first-order chi connectivity index (χ1) is 8.00. The van der Waals surface area contributed by atoms with Gasteiger partial charge in [-0.1, -0.05) is 0 Å². The minimum Gasteiger partial charge on any atom is -0.497 e. The lowest BCUT2D eigenvalue weighted by molar-refractivity contribution is 0.414. The summed E-state index contributed by atoms with van der Waals surface area (Å²) >= 11 is 0. The van der Waals surface area contributed by atoms with Crippen LogP contribution in [0, 0.1) is 0 Å². The predicted octanol–water partition coefficient (Wildman–Crippen LogP) is 1.43. The van der Waals surface area contributed by atoms with E-state index in [0.29, 0.717) is 21.1 Å². The smallest absolute Gasteiger partial charge is 0.204 e. The van der Waals surface area contributed by atoms with E-state index in [1.54, 1.807) is 38.4 Å². The Morgan fingerprint density at radius 3 is 2.65 bits per heavy atom. The van der Waals surface area contributed by atoms with E-state index in [0.717, 1.165) is 0 Å². The summed E-state index contributed by atoms with van der Waals surface area (Å²) in [6.45, 7) is 1.83. The molecule has 0 radical (unpaired) electrons. The van der Waals surface area contributed by atoms with Gasteiger partial charge in [0, 0.05) is 6.04 Å². The highest BCUT2D eigenvalue weighted by Gasteiger charge is 2.32. The zero-order valence-electron chi connectivity index (χ0n) is 10.0. The van der Waals surface area contributed by atoms with E-state index in [9.17, 15) is 8.42 Å². The average Bonchev–Trinajstić information content (AvgIpc) is 2.59. The Bertz CT molecular complexity index is 575. The highest BCUT2D eigenvalue weighted by atomic mass is 32.2. The zero-order valence-corrected chi connectivity index (χ0v) is 10.8. The number of sulfone groups is 1. The third kappa shape index (κ3) is 1.85. The van der Waals surface area contributed by atoms with E-state index < -0.39 is 9.84 Å². The van der Waals surface area contributed by atoms with Crippen LogP contribution in [0.5, 0.6) is 5.75 Å². The quantitative estimate of drug-likeness (QED) is 0.885. The van der Waals surface area contributed by atoms with Crippen molar-refractivity contribution in [2.24, 2.45) is 0 Å². The van der Waals surface area contributed by atoms with Crippen molar-refractivity contribution < 1.29 is 13.2 Å². The van der Waals surface area contributed by atoms with Crippen molar-refractivity contribution >= 4 is 15.9 Å². The molecule has 1 unspecified atom stereocenters. The number of nitrogens with one attached hydrogen (secondary N) is 1. The number of benzene rings is 1. The summed E-state index contributed by atoms with van der Waals surface area (Å²) in [7, 11) is -0.0374. The molecule has 4 nitrogen and oxygen atoms in total. The average molecular weight is 253 g/mol. The minimum atomic E-state index is -3.34. The van der Waals surface area contributed by atoms with E-state index in [-0.39, 0.29) is 6.04 Å². The maximum Gasteiger partial charge on any atom is 0.204 e. The first-order valence-electron chi connectivity index (χ1n) is 5.32. The lowest BCUT2D eigenvalue weighted by atomic mass is 10.2. The molecule has 2 rings (SSSR count). The third-order valence-corrected chi connectivity index (χ3v) is 5.02. The van der Waals surface area contributed by atoms with Crippen LogP contribution in [0.2, 0.25) is 0 Å². The summed E-state index contributed by atoms with van der Waals surface area (Å²) in [5.41, 5.74) is 0.696. The van der Waals surface area contributed by atoms with E-state index in [1.807, 2.05) is 6.92 Å². The molecule has 0 saturated heterocycles. The van der Waals surface area contributed by atoms with Crippen LogP contribution in [0.15, 0.2) is 28.0 Å². The molecule has 5 heteroatoms. The van der Waals surface area contributed by atoms with Gasteiger partial charge in [0.15, 0.2) is 0 Å². The largest absolute Gasteiger partial charge is 0.497 e. The van der Waals surface area contributed by atoms with Gasteiger partial charge < -0.3 is 10.1 Å². The van der Waals surface area contributed by atoms with Gasteiger partial charge in [-0.05, 0) is 43.8 Å². The molecule has 0 fully saturated rings. The van der Waals surface area contributed by atoms with Crippen LogP contribution in [0.25, 0.3) is 6.08 Å². The van der Waals surface area contributed by atoms with Crippen LogP contribution >= 0.6 is 0 Å². The standard InChI is InChI=1S/C12H15NO3S/c1-8(13-2)12-7-9-6-10(16-3)4-5-11(9)17(12,14)15/h4-8,13H,1-3H3. The maximum absolute atomic E-state index is 12.2. The predicted molar refractivity (Wildman–Crippen MR) is 66.7 cm³/mol. The van der Waals surface area contributed by atoms with Crippen molar-refractivity contribution in [1.29, 1.82) is 0 Å². The molecular formula is C12H15NO3S. The van der Waals surface area contributed by atoms with E-state index in [4.69, 9.17) is 4.74 Å². The second kappa shape index (κ2) is 4.16. The summed E-state index contributed by atoms with van der Waals surface area (Å²) < 4.78 is 29.6. The molecule has 0 spiro atoms. The van der Waals surface area contributed by atoms with Crippen LogP contribution < -0.4 is 10.1 Å². The van der Waals surface area contributed by atoms with Crippen LogP contribution in [0.4, 0.5) is 0 Å². The van der Waals surface area contributed by atoms with Crippen LogP contribution in [0.1, 0.15) is 12.5 Å². The summed E-state index contributed by atoms with van der Waals surface area (Å²) in [5.74, 6) is 0.661. The number of fused-ring (bicyclic) bond motifs is 1. The van der Waals surface area contributed by atoms with Gasteiger partial charge >= 0.3 is 0 Å². The molecule has 0 aromatic heterocycles. The summed E-state index contributed by atoms with van der Waals surface area (Å²) in [6.07, 6.45) is 1.70. The van der Waals surface area contributed by atoms with Gasteiger partial charge in [0.05, 0.1) is 16.9 Å². The Balaban J connectivity index is 2.57. The van der Waals surface area contributed by atoms with Crippen molar-refractivity contribution in [1.82, 2.24) is 5.32 Å². The summed E-state index contributed by atoms with van der Waals surface area (Å²) in [6, 6.07) is 4.80. The Morgan fingerprint density at radius 1 is 1.35 bits per heavy atom. The molecule has 0 saturated carbocycles. The number of hydrogen-bond donors (Lipinski definition) is 1. The normalized spacial score (nSPS) is 18.4. The molecule has 1 aromatic carbocycles. The molecule has 1 aliphatic heterocycles. The third-order valence-electron chi connectivity index (χ3n) is 2.97. The Hall–Kier alpha value is -1.33. The number of ether oxygens (including phenoxy) is 1. The first kappa shape index (κ1) is 12.1. The van der Waals surface area contributed by atoms with E-state index >= 15 is 0 Å². The second-order valence-electron chi connectivity index (χ2n) is 3.96. The molecular weight excluding hydrogens is 238 g/mol. The second-order valence-corrected chi connectivity index (χ2v) is 5.88. The van der Waals surface area contributed by atoms with Crippen molar-refractivity contribution in [3.63, 3.8) is 0 Å². The van der Waals surface area contributed by atoms with Crippen molar-refractivity contribution in [3.05, 3.63) is 28.7 Å². The maximum atomic E-state index is 12.2. The van der Waals surface area contributed by atoms with Crippen molar-refractivity contribution in [2.75, 3.05) is 14.2 Å². The molecule has 0 amide bonds. The molecule has 1 aliphatic rings. The van der Waals surface area contributed by atoms with Gasteiger partial charge in [0.2, 0.25) is 9.84 Å². The number of hydrogen-bond acceptors (Lipinski definition) is 4. The fourth-order valence-electron chi connectivity index (χ4n) is 1.87. The Kier molecular flexibility index (Phi) is 2.97. The highest BCUT2D eigenvalue weighted by Crippen LogP contribution is 2.36. The van der Waals surface area contributed by atoms with E-state index in [2.05, 4.69) is 5.32 Å². The molecule has 0 bridgehead atoms. The Labute approximate surface area is 101 Å². The van der Waals surface area contributed by atoms with Gasteiger partial charge in [0.1, 0.15) is 5.75 Å². The molecule has 17 heavy (non-hydrogen) atoms. The Morgan fingerprint density at radius 2 is 2.06 bits per heavy atom. The van der Waals surface area contributed by atoms with Crippen LogP contribution in [-0.2, 0) is 9.84 Å². The molecule has 0 aliphatic carbocycles. The van der Waals surface area contributed by atoms with Gasteiger partial charge in [-0.3, -0.25) is 0 Å². The minimum absolute atomic E-state index is 0.196. The highest BCUT2D eigenvalue weighted by molar-refractivity contribution is 7.96. The van der Waals surface area contributed by atoms with Gasteiger partial charge in [-0.2, -0.15) is 0 Å². The fourth-order valence-corrected chi connectivity index (χ4v) is 3.66. The molecule has 1 atom stereocenters. The number of methoxy groups -OCH3 is 1. The van der Waals surface area contributed by atoms with E-state index in [1.165, 1.54) is 0 Å². The van der Waals surface area contributed by atoms with Gasteiger partial charge in [-0.15, -0.1) is 0 Å². The van der Waals surface area contributed by atoms with Crippen LogP contribution in [0.3, 0.4) is 0 Å². The topological polar surface area (TPSA) is 55.4 Å². The lowest BCUT2D eigenvalue weighted by Crippen LogP contribution is -2.26.